The molecule has 2 rings (SSSR count). The maximum absolute atomic E-state index is 5.05. The van der Waals surface area contributed by atoms with Crippen LogP contribution in [0.3, 0.4) is 0 Å². The van der Waals surface area contributed by atoms with E-state index in [-0.39, 0.29) is 0 Å². The summed E-state index contributed by atoms with van der Waals surface area (Å²) in [5.41, 5.74) is 2.32. The van der Waals surface area contributed by atoms with E-state index in [2.05, 4.69) is 38.2 Å². The number of aromatic nitrogens is 3. The quantitative estimate of drug-likeness (QED) is 0.750. The zero-order valence-electron chi connectivity index (χ0n) is 12.2. The van der Waals surface area contributed by atoms with Crippen molar-refractivity contribution in [2.75, 3.05) is 25.6 Å². The lowest BCUT2D eigenvalue weighted by Gasteiger charge is -2.09. The zero-order valence-corrected chi connectivity index (χ0v) is 12.2. The number of aryl methyl sites for hydroxylation is 3. The molecule has 0 fully saturated rings. The number of imidazole rings is 1. The van der Waals surface area contributed by atoms with Crippen LogP contribution in [-0.4, -0.2) is 34.8 Å². The van der Waals surface area contributed by atoms with Gasteiger partial charge in [0.1, 0.15) is 0 Å². The molecule has 0 bridgehead atoms. The number of anilines is 1. The van der Waals surface area contributed by atoms with Crippen molar-refractivity contribution >= 4 is 5.95 Å². The third-order valence-electron chi connectivity index (χ3n) is 3.10. The average molecular weight is 274 g/mol. The van der Waals surface area contributed by atoms with E-state index < -0.39 is 0 Å². The lowest BCUT2D eigenvalue weighted by Crippen LogP contribution is -2.11. The SMILES string of the molecule is COCCCNc1nc(C)cn1CCc1ccncc1. The molecule has 20 heavy (non-hydrogen) atoms. The molecule has 5 heteroatoms. The van der Waals surface area contributed by atoms with Crippen LogP contribution in [0, 0.1) is 6.92 Å². The zero-order chi connectivity index (χ0) is 14.2. The molecular formula is C15H22N4O. The molecule has 2 aromatic heterocycles. The van der Waals surface area contributed by atoms with Crippen molar-refractivity contribution in [3.05, 3.63) is 42.0 Å². The van der Waals surface area contributed by atoms with E-state index in [1.165, 1.54) is 5.56 Å². The molecule has 0 aliphatic heterocycles. The first-order valence-corrected chi connectivity index (χ1v) is 6.95. The standard InChI is InChI=1S/C15H22N4O/c1-13-12-19(10-6-14-4-8-16-9-5-14)15(18-13)17-7-3-11-20-2/h4-5,8-9,12H,3,6-7,10-11H2,1-2H3,(H,17,18). The highest BCUT2D eigenvalue weighted by atomic mass is 16.5. The van der Waals surface area contributed by atoms with Gasteiger partial charge in [-0.15, -0.1) is 0 Å². The first kappa shape index (κ1) is 14.5. The molecule has 1 N–H and O–H groups in total. The van der Waals surface area contributed by atoms with E-state index in [0.29, 0.717) is 0 Å². The molecule has 0 aromatic carbocycles. The molecule has 0 saturated heterocycles. The molecule has 0 aliphatic rings. The minimum atomic E-state index is 0.768. The van der Waals surface area contributed by atoms with Crippen LogP contribution in [0.5, 0.6) is 0 Å². The van der Waals surface area contributed by atoms with Crippen molar-refractivity contribution in [3.8, 4) is 0 Å². The van der Waals surface area contributed by atoms with Crippen LogP contribution in [0.2, 0.25) is 0 Å². The van der Waals surface area contributed by atoms with E-state index in [1.54, 1.807) is 7.11 Å². The number of methoxy groups -OCH3 is 1. The van der Waals surface area contributed by atoms with Crippen LogP contribution in [0.1, 0.15) is 17.7 Å². The first-order chi connectivity index (χ1) is 9.79. The molecule has 108 valence electrons. The lowest BCUT2D eigenvalue weighted by atomic mass is 10.2. The van der Waals surface area contributed by atoms with Gasteiger partial charge in [0.25, 0.3) is 0 Å². The Hall–Kier alpha value is -1.88. The Labute approximate surface area is 120 Å². The molecule has 0 atom stereocenters. The predicted octanol–water partition coefficient (Wildman–Crippen LogP) is 2.28. The smallest absolute Gasteiger partial charge is 0.203 e. The minimum Gasteiger partial charge on any atom is -0.385 e. The summed E-state index contributed by atoms with van der Waals surface area (Å²) in [6.45, 7) is 4.57. The topological polar surface area (TPSA) is 52.0 Å². The predicted molar refractivity (Wildman–Crippen MR) is 79.9 cm³/mol. The molecule has 0 unspecified atom stereocenters. The maximum Gasteiger partial charge on any atom is 0.203 e. The van der Waals surface area contributed by atoms with Gasteiger partial charge in [-0.3, -0.25) is 4.98 Å². The number of hydrogen-bond acceptors (Lipinski definition) is 4. The number of rotatable bonds is 8. The average Bonchev–Trinajstić information content (AvgIpc) is 2.83. The molecule has 0 saturated carbocycles. The third kappa shape index (κ3) is 4.35. The van der Waals surface area contributed by atoms with Crippen LogP contribution in [0.15, 0.2) is 30.7 Å². The summed E-state index contributed by atoms with van der Waals surface area (Å²) in [5, 5.41) is 3.36. The van der Waals surface area contributed by atoms with Crippen molar-refractivity contribution in [1.82, 2.24) is 14.5 Å². The number of pyridine rings is 1. The van der Waals surface area contributed by atoms with Gasteiger partial charge in [0.2, 0.25) is 5.95 Å². The summed E-state index contributed by atoms with van der Waals surface area (Å²) in [5.74, 6) is 0.938. The highest BCUT2D eigenvalue weighted by molar-refractivity contribution is 5.28. The first-order valence-electron chi connectivity index (χ1n) is 6.95. The van der Waals surface area contributed by atoms with E-state index >= 15 is 0 Å². The molecule has 0 aliphatic carbocycles. The fourth-order valence-electron chi connectivity index (χ4n) is 2.07. The largest absolute Gasteiger partial charge is 0.385 e. The summed E-state index contributed by atoms with van der Waals surface area (Å²) < 4.78 is 7.22. The fourth-order valence-corrected chi connectivity index (χ4v) is 2.07. The fraction of sp³-hybridized carbons (Fsp3) is 0.467. The van der Waals surface area contributed by atoms with Crippen LogP contribution in [-0.2, 0) is 17.7 Å². The van der Waals surface area contributed by atoms with Gasteiger partial charge in [0.05, 0.1) is 5.69 Å². The summed E-state index contributed by atoms with van der Waals surface area (Å²) in [4.78, 5) is 8.56. The van der Waals surface area contributed by atoms with E-state index in [1.807, 2.05) is 19.3 Å². The molecule has 0 amide bonds. The van der Waals surface area contributed by atoms with Crippen molar-refractivity contribution < 1.29 is 4.74 Å². The Morgan fingerprint density at radius 2 is 2.10 bits per heavy atom. The van der Waals surface area contributed by atoms with Gasteiger partial charge >= 0.3 is 0 Å². The van der Waals surface area contributed by atoms with E-state index in [4.69, 9.17) is 4.74 Å². The van der Waals surface area contributed by atoms with Gasteiger partial charge in [-0.05, 0) is 37.5 Å². The summed E-state index contributed by atoms with van der Waals surface area (Å²) in [6.07, 6.45) is 7.70. The number of ether oxygens (including phenoxy) is 1. The second-order valence-corrected chi connectivity index (χ2v) is 4.78. The molecule has 2 aromatic rings. The summed E-state index contributed by atoms with van der Waals surface area (Å²) in [7, 11) is 1.72. The van der Waals surface area contributed by atoms with Crippen LogP contribution < -0.4 is 5.32 Å². The number of hydrogen-bond donors (Lipinski definition) is 1. The number of nitrogens with one attached hydrogen (secondary N) is 1. The second kappa shape index (κ2) is 7.65. The van der Waals surface area contributed by atoms with Crippen LogP contribution in [0.4, 0.5) is 5.95 Å². The van der Waals surface area contributed by atoms with Gasteiger partial charge in [-0.1, -0.05) is 0 Å². The summed E-state index contributed by atoms with van der Waals surface area (Å²) >= 11 is 0. The van der Waals surface area contributed by atoms with Gasteiger partial charge < -0.3 is 14.6 Å². The Morgan fingerprint density at radius 1 is 1.30 bits per heavy atom. The third-order valence-corrected chi connectivity index (χ3v) is 3.10. The van der Waals surface area contributed by atoms with Crippen LogP contribution in [0.25, 0.3) is 0 Å². The highest BCUT2D eigenvalue weighted by Gasteiger charge is 2.05. The van der Waals surface area contributed by atoms with Gasteiger partial charge in [0, 0.05) is 45.4 Å². The normalized spacial score (nSPS) is 10.7. The Morgan fingerprint density at radius 3 is 2.85 bits per heavy atom. The molecule has 5 nitrogen and oxygen atoms in total. The van der Waals surface area contributed by atoms with Gasteiger partial charge in [0.15, 0.2) is 0 Å². The summed E-state index contributed by atoms with van der Waals surface area (Å²) in [6, 6.07) is 4.10. The van der Waals surface area contributed by atoms with Gasteiger partial charge in [-0.25, -0.2) is 4.98 Å². The Kier molecular flexibility index (Phi) is 5.55. The van der Waals surface area contributed by atoms with Crippen molar-refractivity contribution in [3.63, 3.8) is 0 Å². The molecule has 2 heterocycles. The van der Waals surface area contributed by atoms with Crippen molar-refractivity contribution in [2.45, 2.75) is 26.3 Å². The maximum atomic E-state index is 5.05. The number of nitrogens with zero attached hydrogens (tertiary/aromatic N) is 3. The van der Waals surface area contributed by atoms with Crippen LogP contribution >= 0.6 is 0 Å². The monoisotopic (exact) mass is 274 g/mol. The lowest BCUT2D eigenvalue weighted by molar-refractivity contribution is 0.197. The second-order valence-electron chi connectivity index (χ2n) is 4.78. The molecule has 0 spiro atoms. The molecular weight excluding hydrogens is 252 g/mol. The van der Waals surface area contributed by atoms with Gasteiger partial charge in [-0.2, -0.15) is 0 Å². The minimum absolute atomic E-state index is 0.768. The van der Waals surface area contributed by atoms with Crippen molar-refractivity contribution in [1.29, 1.82) is 0 Å². The highest BCUT2D eigenvalue weighted by Crippen LogP contribution is 2.10. The Balaban J connectivity index is 1.90. The van der Waals surface area contributed by atoms with E-state index in [9.17, 15) is 0 Å². The molecule has 0 radical (unpaired) electrons. The Bertz CT molecular complexity index is 510. The van der Waals surface area contributed by atoms with Crippen molar-refractivity contribution in [2.24, 2.45) is 0 Å². The van der Waals surface area contributed by atoms with E-state index in [0.717, 1.165) is 44.2 Å².